The smallest absolute Gasteiger partial charge is 0.415 e. The number of carbonyl (C=O) groups excluding carboxylic acids is 1. The number of ether oxygens (including phenoxy) is 1. The van der Waals surface area contributed by atoms with Crippen molar-refractivity contribution in [1.29, 1.82) is 0 Å². The van der Waals surface area contributed by atoms with Gasteiger partial charge in [-0.25, -0.2) is 18.0 Å². The number of hydrogen-bond acceptors (Lipinski definition) is 2. The Bertz CT molecular complexity index is 1270. The van der Waals surface area contributed by atoms with E-state index in [2.05, 4.69) is 0 Å². The Labute approximate surface area is 215 Å². The Morgan fingerprint density at radius 1 is 0.946 bits per heavy atom. The lowest BCUT2D eigenvalue weighted by molar-refractivity contribution is -0.946. The molecule has 3 aliphatic heterocycles. The van der Waals surface area contributed by atoms with Crippen molar-refractivity contribution in [3.05, 3.63) is 101 Å². The summed E-state index contributed by atoms with van der Waals surface area (Å²) in [6.45, 7) is 5.51. The largest absolute Gasteiger partial charge is 0.440 e. The minimum atomic E-state index is -0.950. The lowest BCUT2D eigenvalue weighted by Crippen LogP contribution is -2.65. The fraction of sp³-hybridized carbons (Fsp3) is 0.367. The number of fused-ring (bicyclic) bond motifs is 3. The van der Waals surface area contributed by atoms with Gasteiger partial charge in [-0.05, 0) is 53.9 Å². The number of halogens is 3. The van der Waals surface area contributed by atoms with Gasteiger partial charge in [0.05, 0.1) is 26.2 Å². The number of piperidine rings is 3. The molecule has 0 aliphatic carbocycles. The third-order valence-electron chi connectivity index (χ3n) is 7.97. The summed E-state index contributed by atoms with van der Waals surface area (Å²) >= 11 is 0. The molecule has 0 spiro atoms. The summed E-state index contributed by atoms with van der Waals surface area (Å²) in [7, 11) is 0. The van der Waals surface area contributed by atoms with E-state index in [9.17, 15) is 18.0 Å². The average Bonchev–Trinajstić information content (AvgIpc) is 2.89. The summed E-state index contributed by atoms with van der Waals surface area (Å²) < 4.78 is 48.6. The zero-order valence-corrected chi connectivity index (χ0v) is 21.0. The van der Waals surface area contributed by atoms with Crippen LogP contribution in [0.25, 0.3) is 0 Å². The molecule has 0 radical (unpaired) electrons. The maximum atomic E-state index is 14.2. The normalized spacial score (nSPS) is 22.6. The third kappa shape index (κ3) is 5.67. The first-order valence-electron chi connectivity index (χ1n) is 12.9. The summed E-state index contributed by atoms with van der Waals surface area (Å²) in [6.07, 6.45) is 1.82. The molecule has 1 amide bonds. The molecule has 0 N–H and O–H groups in total. The second-order valence-electron chi connectivity index (χ2n) is 10.5. The summed E-state index contributed by atoms with van der Waals surface area (Å²) in [5, 5.41) is 0. The van der Waals surface area contributed by atoms with E-state index in [0.29, 0.717) is 35.7 Å². The zero-order valence-electron chi connectivity index (χ0n) is 21.0. The SMILES string of the molecule is Cc1cccc(N(Cc2ccc(F)c(F)c2)C(=O)OC2C[N+]3(CCc4ccccc4F)CCC2CC3)c1. The van der Waals surface area contributed by atoms with Gasteiger partial charge in [-0.3, -0.25) is 4.90 Å². The van der Waals surface area contributed by atoms with E-state index in [4.69, 9.17) is 4.74 Å². The van der Waals surface area contributed by atoms with Crippen molar-refractivity contribution in [3.8, 4) is 0 Å². The molecule has 1 atom stereocenters. The van der Waals surface area contributed by atoms with Crippen molar-refractivity contribution in [2.45, 2.75) is 38.8 Å². The molecule has 194 valence electrons. The minimum Gasteiger partial charge on any atom is -0.440 e. The van der Waals surface area contributed by atoms with Gasteiger partial charge >= 0.3 is 6.09 Å². The zero-order chi connectivity index (χ0) is 26.0. The van der Waals surface area contributed by atoms with Gasteiger partial charge in [0.25, 0.3) is 0 Å². The maximum absolute atomic E-state index is 14.2. The van der Waals surface area contributed by atoms with Crippen LogP contribution in [-0.4, -0.2) is 42.9 Å². The second kappa shape index (κ2) is 10.6. The number of amides is 1. The van der Waals surface area contributed by atoms with Crippen molar-refractivity contribution in [2.24, 2.45) is 5.92 Å². The van der Waals surface area contributed by atoms with E-state index >= 15 is 0 Å². The standard InChI is InChI=1S/C30H32F3N2O2/c1-21-5-4-7-25(17-21)34(19-22-9-10-27(32)28(33)18-22)30(36)37-29-20-35(15-12-24(29)13-16-35)14-11-23-6-2-3-8-26(23)31/h2-10,17-18,24,29H,11-16,19-20H2,1H3/q+1. The van der Waals surface area contributed by atoms with E-state index in [1.807, 2.05) is 43.3 Å². The minimum absolute atomic E-state index is 0.0597. The Kier molecular flexibility index (Phi) is 7.24. The van der Waals surface area contributed by atoms with Crippen LogP contribution in [0.2, 0.25) is 0 Å². The number of aryl methyl sites for hydroxylation is 1. The van der Waals surface area contributed by atoms with Crippen LogP contribution < -0.4 is 4.90 Å². The molecule has 3 fully saturated rings. The number of quaternary nitrogens is 1. The molecule has 7 heteroatoms. The van der Waals surface area contributed by atoms with Crippen LogP contribution in [0, 0.1) is 30.3 Å². The highest BCUT2D eigenvalue weighted by Gasteiger charge is 2.47. The summed E-state index contributed by atoms with van der Waals surface area (Å²) in [6, 6.07) is 18.0. The highest BCUT2D eigenvalue weighted by Crippen LogP contribution is 2.36. The first-order chi connectivity index (χ1) is 17.8. The molecule has 3 heterocycles. The average molecular weight is 510 g/mol. The monoisotopic (exact) mass is 509 g/mol. The lowest BCUT2D eigenvalue weighted by Gasteiger charge is -2.52. The molecule has 1 unspecified atom stereocenters. The van der Waals surface area contributed by atoms with Crippen LogP contribution in [0.3, 0.4) is 0 Å². The van der Waals surface area contributed by atoms with Gasteiger partial charge in [0.2, 0.25) is 0 Å². The van der Waals surface area contributed by atoms with Crippen molar-refractivity contribution in [1.82, 2.24) is 0 Å². The molecule has 3 aliphatic rings. The van der Waals surface area contributed by atoms with Crippen molar-refractivity contribution in [3.63, 3.8) is 0 Å². The van der Waals surface area contributed by atoms with E-state index < -0.39 is 17.7 Å². The number of hydrogen-bond donors (Lipinski definition) is 0. The van der Waals surface area contributed by atoms with Crippen molar-refractivity contribution in [2.75, 3.05) is 31.1 Å². The van der Waals surface area contributed by atoms with Gasteiger partial charge in [0.15, 0.2) is 17.7 Å². The van der Waals surface area contributed by atoms with E-state index in [0.717, 1.165) is 54.7 Å². The maximum Gasteiger partial charge on any atom is 0.415 e. The van der Waals surface area contributed by atoms with Crippen LogP contribution in [-0.2, 0) is 17.7 Å². The Morgan fingerprint density at radius 3 is 2.46 bits per heavy atom. The molecule has 0 aromatic heterocycles. The molecular formula is C30H32F3N2O2+. The number of anilines is 1. The first-order valence-corrected chi connectivity index (χ1v) is 12.9. The molecule has 6 rings (SSSR count). The van der Waals surface area contributed by atoms with E-state index in [1.165, 1.54) is 17.0 Å². The highest BCUT2D eigenvalue weighted by atomic mass is 19.2. The first kappa shape index (κ1) is 25.3. The van der Waals surface area contributed by atoms with Crippen LogP contribution in [0.5, 0.6) is 0 Å². The quantitative estimate of drug-likeness (QED) is 0.345. The molecule has 4 nitrogen and oxygen atoms in total. The van der Waals surface area contributed by atoms with Crippen LogP contribution >= 0.6 is 0 Å². The molecule has 37 heavy (non-hydrogen) atoms. The predicted molar refractivity (Wildman–Crippen MR) is 137 cm³/mol. The summed E-state index contributed by atoms with van der Waals surface area (Å²) in [4.78, 5) is 15.1. The van der Waals surface area contributed by atoms with E-state index in [-0.39, 0.29) is 18.5 Å². The number of rotatable bonds is 7. The third-order valence-corrected chi connectivity index (χ3v) is 7.97. The fourth-order valence-corrected chi connectivity index (χ4v) is 5.80. The molecule has 3 saturated heterocycles. The number of carbonyl (C=O) groups is 1. The Balaban J connectivity index is 1.32. The van der Waals surface area contributed by atoms with Gasteiger partial charge in [-0.15, -0.1) is 0 Å². The molecule has 3 aromatic carbocycles. The van der Waals surface area contributed by atoms with Gasteiger partial charge in [0.1, 0.15) is 12.4 Å². The van der Waals surface area contributed by atoms with Gasteiger partial charge < -0.3 is 9.22 Å². The topological polar surface area (TPSA) is 29.5 Å². The van der Waals surface area contributed by atoms with E-state index in [1.54, 1.807) is 6.07 Å². The fourth-order valence-electron chi connectivity index (χ4n) is 5.80. The van der Waals surface area contributed by atoms with Gasteiger partial charge in [-0.2, -0.15) is 0 Å². The van der Waals surface area contributed by atoms with Crippen molar-refractivity contribution < 1.29 is 27.2 Å². The molecule has 2 bridgehead atoms. The highest BCUT2D eigenvalue weighted by molar-refractivity contribution is 5.87. The summed E-state index contributed by atoms with van der Waals surface area (Å²) in [5.74, 6) is -1.76. The lowest BCUT2D eigenvalue weighted by atomic mass is 9.83. The van der Waals surface area contributed by atoms with Crippen LogP contribution in [0.1, 0.15) is 29.5 Å². The Morgan fingerprint density at radius 2 is 1.73 bits per heavy atom. The molecule has 0 saturated carbocycles. The number of nitrogens with zero attached hydrogens (tertiary/aromatic N) is 2. The van der Waals surface area contributed by atoms with Crippen LogP contribution in [0.4, 0.5) is 23.7 Å². The summed E-state index contributed by atoms with van der Waals surface area (Å²) in [5.41, 5.74) is 2.80. The van der Waals surface area contributed by atoms with Crippen LogP contribution in [0.15, 0.2) is 66.7 Å². The van der Waals surface area contributed by atoms with Crippen molar-refractivity contribution >= 4 is 11.8 Å². The number of benzene rings is 3. The van der Waals surface area contributed by atoms with Gasteiger partial charge in [0, 0.05) is 30.9 Å². The van der Waals surface area contributed by atoms with Gasteiger partial charge in [-0.1, -0.05) is 36.4 Å². The second-order valence-corrected chi connectivity index (χ2v) is 10.5. The molecule has 3 aromatic rings. The Hall–Kier alpha value is -3.32. The molecular weight excluding hydrogens is 477 g/mol. The predicted octanol–water partition coefficient (Wildman–Crippen LogP) is 6.41.